The Bertz CT molecular complexity index is 1070. The fourth-order valence-electron chi connectivity index (χ4n) is 2.19. The molecule has 1 fully saturated rings. The smallest absolute Gasteiger partial charge is 0.790 e. The topological polar surface area (TPSA) is 276 Å². The Kier molecular flexibility index (Phi) is 20.9. The second-order valence-electron chi connectivity index (χ2n) is 5.49. The number of rotatable bonds is 8. The van der Waals surface area contributed by atoms with Crippen molar-refractivity contribution in [1.29, 1.82) is 0 Å². The summed E-state index contributed by atoms with van der Waals surface area (Å²) < 4.78 is 49.1. The molecule has 1 aliphatic heterocycles. The molecule has 0 aliphatic carbocycles. The second kappa shape index (κ2) is 16.8. The van der Waals surface area contributed by atoms with Gasteiger partial charge in [-0.15, -0.1) is 0 Å². The third-order valence-corrected chi connectivity index (χ3v) is 7.77. The van der Waals surface area contributed by atoms with Crippen LogP contribution in [0.2, 0.25) is 0 Å². The van der Waals surface area contributed by atoms with E-state index in [0.717, 1.165) is 6.20 Å². The monoisotopic (exact) mass is 698 g/mol. The maximum Gasteiger partial charge on any atom is 1.00 e. The van der Waals surface area contributed by atoms with Gasteiger partial charge in [0.15, 0.2) is 6.23 Å². The SMILES string of the molecule is O=c1[nH]c(=O)n(C2OC(COP(=O)([O-])OP(=O)([O-])OP(=O)([O-])[O-])C(O)C2O)cc1I.[Na+].[Na+].[Na+].[Na+]. The largest absolute Gasteiger partial charge is 1.00 e. The van der Waals surface area contributed by atoms with E-state index in [4.69, 9.17) is 4.74 Å². The molecule has 172 valence electrons. The number of aliphatic hydroxyl groups is 2. The molecule has 2 rings (SSSR count). The van der Waals surface area contributed by atoms with E-state index in [9.17, 15) is 53.1 Å². The number of nitrogens with one attached hydrogen (secondary N) is 1. The Hall–Kier alpha value is 3.70. The van der Waals surface area contributed by atoms with Gasteiger partial charge in [0.2, 0.25) is 0 Å². The number of ether oxygens (including phenoxy) is 1. The first-order valence-electron chi connectivity index (χ1n) is 7.25. The fourth-order valence-corrected chi connectivity index (χ4v) is 5.49. The molecule has 34 heavy (non-hydrogen) atoms. The predicted molar refractivity (Wildman–Crippen MR) is 90.9 cm³/mol. The summed E-state index contributed by atoms with van der Waals surface area (Å²) in [5.41, 5.74) is -1.76. The van der Waals surface area contributed by atoms with Gasteiger partial charge in [0.1, 0.15) is 18.3 Å². The van der Waals surface area contributed by atoms with Gasteiger partial charge >= 0.3 is 124 Å². The first kappa shape index (κ1) is 42.2. The minimum Gasteiger partial charge on any atom is -0.790 e. The van der Waals surface area contributed by atoms with Crippen LogP contribution < -0.4 is 149 Å². The molecule has 3 N–H and O–H groups in total. The van der Waals surface area contributed by atoms with E-state index in [1.54, 1.807) is 22.6 Å². The molecular weight excluding hydrogens is 688 g/mol. The number of halogens is 1. The van der Waals surface area contributed by atoms with Crippen LogP contribution in [0.3, 0.4) is 0 Å². The zero-order valence-electron chi connectivity index (χ0n) is 18.0. The Labute approximate surface area is 292 Å². The number of hydrogen-bond donors (Lipinski definition) is 3. The summed E-state index contributed by atoms with van der Waals surface area (Å²) in [6, 6.07) is 0. The average molecular weight is 698 g/mol. The van der Waals surface area contributed by atoms with Crippen molar-refractivity contribution in [3.63, 3.8) is 0 Å². The average Bonchev–Trinajstić information content (AvgIpc) is 2.81. The van der Waals surface area contributed by atoms with Crippen molar-refractivity contribution in [3.8, 4) is 0 Å². The van der Waals surface area contributed by atoms with Crippen molar-refractivity contribution in [2.45, 2.75) is 24.5 Å². The van der Waals surface area contributed by atoms with E-state index >= 15 is 0 Å². The number of phosphoric ester groups is 1. The van der Waals surface area contributed by atoms with Crippen LogP contribution in [0.1, 0.15) is 6.23 Å². The van der Waals surface area contributed by atoms with Gasteiger partial charge in [-0.05, 0) is 22.6 Å². The summed E-state index contributed by atoms with van der Waals surface area (Å²) in [5, 5.41) is 20.0. The molecule has 25 heteroatoms. The third-order valence-electron chi connectivity index (χ3n) is 3.33. The number of aromatic amines is 1. The number of aliphatic hydroxyl groups excluding tert-OH is 2. The van der Waals surface area contributed by atoms with E-state index < -0.39 is 65.9 Å². The van der Waals surface area contributed by atoms with Gasteiger partial charge in [0.25, 0.3) is 21.2 Å². The van der Waals surface area contributed by atoms with Crippen molar-refractivity contribution >= 4 is 46.1 Å². The Morgan fingerprint density at radius 1 is 1.00 bits per heavy atom. The van der Waals surface area contributed by atoms with Crippen LogP contribution >= 0.6 is 46.1 Å². The molecule has 1 aromatic rings. The van der Waals surface area contributed by atoms with Crippen LogP contribution in [0.4, 0.5) is 0 Å². The first-order chi connectivity index (χ1) is 13.5. The summed E-state index contributed by atoms with van der Waals surface area (Å²) in [5.74, 6) is 0. The molecule has 0 radical (unpaired) electrons. The van der Waals surface area contributed by atoms with Crippen LogP contribution in [0.25, 0.3) is 0 Å². The summed E-state index contributed by atoms with van der Waals surface area (Å²) in [4.78, 5) is 68.2. The molecule has 2 heterocycles. The van der Waals surface area contributed by atoms with Gasteiger partial charge in [0.05, 0.1) is 18.0 Å². The van der Waals surface area contributed by atoms with Gasteiger partial charge in [-0.2, -0.15) is 0 Å². The van der Waals surface area contributed by atoms with Crippen LogP contribution in [0, 0.1) is 3.57 Å². The molecule has 1 aromatic heterocycles. The van der Waals surface area contributed by atoms with Crippen molar-refractivity contribution in [3.05, 3.63) is 30.6 Å². The minimum absolute atomic E-state index is 0. The normalized spacial score (nSPS) is 25.4. The van der Waals surface area contributed by atoms with E-state index in [0.29, 0.717) is 4.57 Å². The van der Waals surface area contributed by atoms with Gasteiger partial charge in [0, 0.05) is 6.20 Å². The summed E-state index contributed by atoms with van der Waals surface area (Å²) in [6.45, 7) is -1.17. The molecule has 6 atom stereocenters. The van der Waals surface area contributed by atoms with Crippen LogP contribution in [-0.2, 0) is 31.6 Å². The van der Waals surface area contributed by atoms with Crippen molar-refractivity contribution in [2.24, 2.45) is 0 Å². The van der Waals surface area contributed by atoms with Gasteiger partial charge < -0.3 is 43.6 Å². The van der Waals surface area contributed by atoms with Crippen molar-refractivity contribution in [1.82, 2.24) is 9.55 Å². The van der Waals surface area contributed by atoms with E-state index in [1.165, 1.54) is 0 Å². The number of phosphoric acid groups is 3. The Balaban J connectivity index is -0.00000240. The fraction of sp³-hybridized carbons (Fsp3) is 0.556. The zero-order chi connectivity index (χ0) is 23.1. The summed E-state index contributed by atoms with van der Waals surface area (Å²) in [6.07, 6.45) is -5.94. The Morgan fingerprint density at radius 3 is 2.03 bits per heavy atom. The van der Waals surface area contributed by atoms with Crippen molar-refractivity contribution < 1.29 is 180 Å². The number of aromatic nitrogens is 2. The molecule has 17 nitrogen and oxygen atoms in total. The van der Waals surface area contributed by atoms with E-state index in [1.807, 2.05) is 4.98 Å². The molecule has 0 saturated carbocycles. The van der Waals surface area contributed by atoms with Crippen molar-refractivity contribution in [2.75, 3.05) is 6.61 Å². The van der Waals surface area contributed by atoms with Gasteiger partial charge in [-0.1, -0.05) is 0 Å². The zero-order valence-corrected chi connectivity index (χ0v) is 30.8. The molecule has 6 unspecified atom stereocenters. The molecule has 0 amide bonds. The quantitative estimate of drug-likeness (QED) is 0.129. The molecule has 0 aromatic carbocycles. The van der Waals surface area contributed by atoms with Crippen LogP contribution in [0.5, 0.6) is 0 Å². The summed E-state index contributed by atoms with van der Waals surface area (Å²) >= 11 is 1.56. The number of nitrogens with zero attached hydrogens (tertiary/aromatic N) is 1. The van der Waals surface area contributed by atoms with Gasteiger partial charge in [-0.25, -0.2) is 9.11 Å². The third kappa shape index (κ3) is 12.9. The first-order valence-corrected chi connectivity index (χ1v) is 12.7. The van der Waals surface area contributed by atoms with Crippen LogP contribution in [-0.4, -0.2) is 44.7 Å². The van der Waals surface area contributed by atoms with E-state index in [2.05, 4.69) is 13.1 Å². The Morgan fingerprint density at radius 2 is 1.53 bits per heavy atom. The predicted octanol–water partition coefficient (Wildman–Crippen LogP) is -16.4. The summed E-state index contributed by atoms with van der Waals surface area (Å²) in [7, 11) is -18.2. The molecule has 0 spiro atoms. The molecule has 1 saturated heterocycles. The number of H-pyrrole nitrogens is 1. The molecule has 1 aliphatic rings. The molecule has 0 bridgehead atoms. The van der Waals surface area contributed by atoms with Crippen LogP contribution in [0.15, 0.2) is 15.8 Å². The maximum atomic E-state index is 11.9. The second-order valence-corrected chi connectivity index (χ2v) is 10.9. The number of hydrogen-bond acceptors (Lipinski definition) is 15. The van der Waals surface area contributed by atoms with E-state index in [-0.39, 0.29) is 122 Å². The van der Waals surface area contributed by atoms with Gasteiger partial charge in [-0.3, -0.25) is 27.8 Å². The standard InChI is InChI=1S/C9H14IN2O15P3.4Na/c10-3-1-12(9(16)11-7(3)15)8-6(14)5(13)4(25-8)2-24-29(20,21)27-30(22,23)26-28(17,18)19;;;;/h1,4-6,8,13-14H,2H2,(H,20,21)(H,22,23)(H,11,15,16)(H2,17,18,19);;;;/q;4*+1/p-4. The minimum atomic E-state index is -6.17. The molecular formula is C9H10IN2Na4O15P3. The maximum absolute atomic E-state index is 11.9.